The second-order valence-corrected chi connectivity index (χ2v) is 8.48. The zero-order chi connectivity index (χ0) is 17.5. The third-order valence-corrected chi connectivity index (χ3v) is 7.31. The molecule has 0 N–H and O–H groups in total. The van der Waals surface area contributed by atoms with Gasteiger partial charge in [0.25, 0.3) is 0 Å². The van der Waals surface area contributed by atoms with Crippen LogP contribution in [0.2, 0.25) is 0 Å². The molecule has 1 aliphatic heterocycles. The minimum absolute atomic E-state index is 0.223. The number of sulfonamides is 1. The summed E-state index contributed by atoms with van der Waals surface area (Å²) in [4.78, 5) is 0.485. The van der Waals surface area contributed by atoms with Crippen LogP contribution >= 0.6 is 0 Å². The molecule has 0 spiro atoms. The SMILES string of the molecule is Cc1cc(C)c(C)c(S(=O)(=O)N2CCC(n3ccnn3)CC2)c1C. The maximum Gasteiger partial charge on any atom is 0.243 e. The fraction of sp³-hybridized carbons (Fsp3) is 0.529. The van der Waals surface area contributed by atoms with Crippen molar-refractivity contribution in [3.05, 3.63) is 40.7 Å². The maximum atomic E-state index is 13.2. The van der Waals surface area contributed by atoms with Crippen molar-refractivity contribution >= 4 is 10.0 Å². The van der Waals surface area contributed by atoms with Crippen LogP contribution < -0.4 is 0 Å². The number of aryl methyl sites for hydroxylation is 2. The van der Waals surface area contributed by atoms with E-state index in [4.69, 9.17) is 0 Å². The second kappa shape index (κ2) is 6.29. The number of nitrogens with zero attached hydrogens (tertiary/aromatic N) is 4. The molecule has 0 saturated carbocycles. The van der Waals surface area contributed by atoms with Crippen LogP contribution in [-0.2, 0) is 10.0 Å². The molecule has 1 aliphatic rings. The Kier molecular flexibility index (Phi) is 4.48. The van der Waals surface area contributed by atoms with Gasteiger partial charge in [-0.05, 0) is 62.8 Å². The van der Waals surface area contributed by atoms with Crippen molar-refractivity contribution in [2.24, 2.45) is 0 Å². The molecule has 130 valence electrons. The maximum absolute atomic E-state index is 13.2. The van der Waals surface area contributed by atoms with Gasteiger partial charge in [0.2, 0.25) is 10.0 Å². The standard InChI is InChI=1S/C17H24N4O2S/c1-12-11-13(2)15(4)17(14(12)3)24(22,23)20-8-5-16(6-9-20)21-10-7-18-19-21/h7,10-11,16H,5-6,8-9H2,1-4H3. The molecule has 2 heterocycles. The van der Waals surface area contributed by atoms with Crippen LogP contribution in [0.1, 0.15) is 41.1 Å². The van der Waals surface area contributed by atoms with Gasteiger partial charge in [-0.15, -0.1) is 5.10 Å². The van der Waals surface area contributed by atoms with E-state index >= 15 is 0 Å². The third-order valence-electron chi connectivity index (χ3n) is 5.13. The highest BCUT2D eigenvalue weighted by Crippen LogP contribution is 2.31. The molecule has 0 radical (unpaired) electrons. The van der Waals surface area contributed by atoms with E-state index in [9.17, 15) is 8.42 Å². The molecule has 7 heteroatoms. The lowest BCUT2D eigenvalue weighted by Crippen LogP contribution is -2.39. The quantitative estimate of drug-likeness (QED) is 0.855. The molecule has 6 nitrogen and oxygen atoms in total. The predicted octanol–water partition coefficient (Wildman–Crippen LogP) is 2.54. The van der Waals surface area contributed by atoms with Crippen LogP contribution in [0, 0.1) is 27.7 Å². The minimum Gasteiger partial charge on any atom is -0.249 e. The molecule has 0 atom stereocenters. The lowest BCUT2D eigenvalue weighted by molar-refractivity contribution is 0.258. The van der Waals surface area contributed by atoms with E-state index in [1.54, 1.807) is 10.5 Å². The number of hydrogen-bond donors (Lipinski definition) is 0. The molecule has 2 aromatic rings. The molecule has 3 rings (SSSR count). The van der Waals surface area contributed by atoms with E-state index in [0.29, 0.717) is 18.0 Å². The van der Waals surface area contributed by atoms with Gasteiger partial charge >= 0.3 is 0 Å². The Balaban J connectivity index is 1.88. The molecule has 1 saturated heterocycles. The van der Waals surface area contributed by atoms with Crippen molar-refractivity contribution in [3.63, 3.8) is 0 Å². The molecule has 1 aromatic heterocycles. The molecule has 0 aliphatic carbocycles. The Morgan fingerprint density at radius 2 is 1.62 bits per heavy atom. The van der Waals surface area contributed by atoms with Crippen LogP contribution in [-0.4, -0.2) is 40.8 Å². The number of aromatic nitrogens is 3. The Hall–Kier alpha value is -1.73. The van der Waals surface area contributed by atoms with Gasteiger partial charge in [0.15, 0.2) is 0 Å². The summed E-state index contributed by atoms with van der Waals surface area (Å²) in [6.45, 7) is 8.76. The van der Waals surface area contributed by atoms with Crippen molar-refractivity contribution in [1.82, 2.24) is 19.3 Å². The first kappa shape index (κ1) is 17.1. The molecule has 1 aromatic carbocycles. The lowest BCUT2D eigenvalue weighted by atomic mass is 10.0. The van der Waals surface area contributed by atoms with Crippen molar-refractivity contribution in [3.8, 4) is 0 Å². The molecule has 1 fully saturated rings. The van der Waals surface area contributed by atoms with Crippen LogP contribution in [0.5, 0.6) is 0 Å². The highest BCUT2D eigenvalue weighted by Gasteiger charge is 2.32. The van der Waals surface area contributed by atoms with E-state index in [-0.39, 0.29) is 6.04 Å². The smallest absolute Gasteiger partial charge is 0.243 e. The molecular weight excluding hydrogens is 324 g/mol. The van der Waals surface area contributed by atoms with Crippen LogP contribution in [0.15, 0.2) is 23.4 Å². The summed E-state index contributed by atoms with van der Waals surface area (Å²) >= 11 is 0. The Labute approximate surface area is 143 Å². The number of benzene rings is 1. The first-order chi connectivity index (χ1) is 11.3. The monoisotopic (exact) mass is 348 g/mol. The van der Waals surface area contributed by atoms with E-state index < -0.39 is 10.0 Å². The summed E-state index contributed by atoms with van der Waals surface area (Å²) < 4.78 is 29.9. The van der Waals surface area contributed by atoms with Gasteiger partial charge < -0.3 is 0 Å². The van der Waals surface area contributed by atoms with Gasteiger partial charge in [-0.25, -0.2) is 13.1 Å². The largest absolute Gasteiger partial charge is 0.249 e. The van der Waals surface area contributed by atoms with E-state index in [1.807, 2.05) is 38.6 Å². The number of hydrogen-bond acceptors (Lipinski definition) is 4. The fourth-order valence-corrected chi connectivity index (χ4v) is 5.50. The van der Waals surface area contributed by atoms with Gasteiger partial charge in [-0.3, -0.25) is 0 Å². The minimum atomic E-state index is -3.47. The lowest BCUT2D eigenvalue weighted by Gasteiger charge is -2.32. The summed E-state index contributed by atoms with van der Waals surface area (Å²) in [6.07, 6.45) is 5.01. The fourth-order valence-electron chi connectivity index (χ4n) is 3.46. The van der Waals surface area contributed by atoms with Crippen molar-refractivity contribution in [1.29, 1.82) is 0 Å². The Bertz CT molecular complexity index is 810. The topological polar surface area (TPSA) is 68.1 Å². The van der Waals surface area contributed by atoms with Gasteiger partial charge in [0.1, 0.15) is 0 Å². The first-order valence-electron chi connectivity index (χ1n) is 8.25. The second-order valence-electron chi connectivity index (χ2n) is 6.61. The predicted molar refractivity (Wildman–Crippen MR) is 92.4 cm³/mol. The van der Waals surface area contributed by atoms with E-state index in [2.05, 4.69) is 16.4 Å². The van der Waals surface area contributed by atoms with E-state index in [0.717, 1.165) is 35.1 Å². The number of piperidine rings is 1. The van der Waals surface area contributed by atoms with E-state index in [1.165, 1.54) is 0 Å². The highest BCUT2D eigenvalue weighted by molar-refractivity contribution is 7.89. The molecule has 24 heavy (non-hydrogen) atoms. The van der Waals surface area contributed by atoms with Gasteiger partial charge in [0.05, 0.1) is 17.1 Å². The molecular formula is C17H24N4O2S. The van der Waals surface area contributed by atoms with Crippen LogP contribution in [0.25, 0.3) is 0 Å². The normalized spacial score (nSPS) is 17.3. The third kappa shape index (κ3) is 2.86. The zero-order valence-electron chi connectivity index (χ0n) is 14.7. The van der Waals surface area contributed by atoms with Crippen molar-refractivity contribution in [2.75, 3.05) is 13.1 Å². The van der Waals surface area contributed by atoms with Crippen LogP contribution in [0.4, 0.5) is 0 Å². The molecule has 0 bridgehead atoms. The summed E-state index contributed by atoms with van der Waals surface area (Å²) in [6, 6.07) is 2.28. The average Bonchev–Trinajstić information content (AvgIpc) is 3.07. The van der Waals surface area contributed by atoms with Crippen LogP contribution in [0.3, 0.4) is 0 Å². The zero-order valence-corrected chi connectivity index (χ0v) is 15.5. The highest BCUT2D eigenvalue weighted by atomic mass is 32.2. The summed E-state index contributed by atoms with van der Waals surface area (Å²) in [5.74, 6) is 0. The first-order valence-corrected chi connectivity index (χ1v) is 9.69. The van der Waals surface area contributed by atoms with Gasteiger partial charge in [-0.2, -0.15) is 4.31 Å². The molecule has 0 amide bonds. The van der Waals surface area contributed by atoms with Crippen molar-refractivity contribution in [2.45, 2.75) is 51.5 Å². The summed E-state index contributed by atoms with van der Waals surface area (Å²) in [5, 5.41) is 7.87. The Morgan fingerprint density at radius 1 is 1.04 bits per heavy atom. The van der Waals surface area contributed by atoms with Gasteiger partial charge in [0, 0.05) is 19.3 Å². The summed E-state index contributed by atoms with van der Waals surface area (Å²) in [5.41, 5.74) is 3.76. The van der Waals surface area contributed by atoms with Gasteiger partial charge in [-0.1, -0.05) is 11.3 Å². The Morgan fingerprint density at radius 3 is 2.12 bits per heavy atom. The van der Waals surface area contributed by atoms with Crippen molar-refractivity contribution < 1.29 is 8.42 Å². The summed E-state index contributed by atoms with van der Waals surface area (Å²) in [7, 11) is -3.47. The number of rotatable bonds is 3. The molecule has 0 unspecified atom stereocenters. The average molecular weight is 348 g/mol.